The number of imidazole rings is 1. The molecule has 0 saturated heterocycles. The third-order valence-electron chi connectivity index (χ3n) is 3.80. The maximum Gasteiger partial charge on any atom is 0.335 e. The Labute approximate surface area is 111 Å². The lowest BCUT2D eigenvalue weighted by Gasteiger charge is -2.04. The van der Waals surface area contributed by atoms with Gasteiger partial charge in [0.1, 0.15) is 5.82 Å². The number of rotatable bonds is 3. The minimum Gasteiger partial charge on any atom is -0.478 e. The van der Waals surface area contributed by atoms with Gasteiger partial charge in [-0.15, -0.1) is 0 Å². The van der Waals surface area contributed by atoms with Crippen LogP contribution in [0.1, 0.15) is 47.7 Å². The standard InChI is InChI=1S/C15H16N2O2/c18-15(19)12-7-5-11(6-8-12)14-16-9-13(17-14)10-3-1-2-4-10/h5-10H,1-4H2,(H,16,17)(H,18,19). The summed E-state index contributed by atoms with van der Waals surface area (Å²) in [7, 11) is 0. The summed E-state index contributed by atoms with van der Waals surface area (Å²) in [4.78, 5) is 18.6. The van der Waals surface area contributed by atoms with Crippen molar-refractivity contribution in [2.75, 3.05) is 0 Å². The summed E-state index contributed by atoms with van der Waals surface area (Å²) < 4.78 is 0. The molecule has 4 heteroatoms. The lowest BCUT2D eigenvalue weighted by Crippen LogP contribution is -1.95. The Balaban J connectivity index is 1.83. The number of carboxylic acids is 1. The SMILES string of the molecule is O=C(O)c1ccc(-c2ncc(C3CCCC3)[nH]2)cc1. The van der Waals surface area contributed by atoms with Crippen molar-refractivity contribution in [3.05, 3.63) is 41.7 Å². The Morgan fingerprint density at radius 1 is 1.21 bits per heavy atom. The summed E-state index contributed by atoms with van der Waals surface area (Å²) in [5, 5.41) is 8.87. The van der Waals surface area contributed by atoms with Crippen molar-refractivity contribution in [3.63, 3.8) is 0 Å². The molecule has 1 aliphatic carbocycles. The third kappa shape index (κ3) is 2.38. The molecule has 98 valence electrons. The molecule has 3 rings (SSSR count). The Morgan fingerprint density at radius 3 is 2.53 bits per heavy atom. The van der Waals surface area contributed by atoms with Gasteiger partial charge in [0.05, 0.1) is 5.56 Å². The number of aromatic carboxylic acids is 1. The minimum absolute atomic E-state index is 0.298. The van der Waals surface area contributed by atoms with E-state index in [2.05, 4.69) is 9.97 Å². The summed E-state index contributed by atoms with van der Waals surface area (Å²) in [5.41, 5.74) is 2.43. The first-order valence-corrected chi connectivity index (χ1v) is 6.62. The molecular weight excluding hydrogens is 240 g/mol. The van der Waals surface area contributed by atoms with Crippen LogP contribution in [-0.4, -0.2) is 21.0 Å². The number of nitrogens with one attached hydrogen (secondary N) is 1. The Hall–Kier alpha value is -2.10. The van der Waals surface area contributed by atoms with Gasteiger partial charge in [0.25, 0.3) is 0 Å². The van der Waals surface area contributed by atoms with E-state index in [0.29, 0.717) is 11.5 Å². The van der Waals surface area contributed by atoms with E-state index in [0.717, 1.165) is 11.4 Å². The Kier molecular flexibility index (Phi) is 3.07. The van der Waals surface area contributed by atoms with Crippen LogP contribution < -0.4 is 0 Å². The largest absolute Gasteiger partial charge is 0.478 e. The summed E-state index contributed by atoms with van der Waals surface area (Å²) in [6.07, 6.45) is 6.98. The van der Waals surface area contributed by atoms with Crippen molar-refractivity contribution in [2.45, 2.75) is 31.6 Å². The van der Waals surface area contributed by atoms with E-state index in [-0.39, 0.29) is 0 Å². The fourth-order valence-corrected chi connectivity index (χ4v) is 2.70. The molecule has 2 N–H and O–H groups in total. The normalized spacial score (nSPS) is 15.8. The molecule has 1 fully saturated rings. The van der Waals surface area contributed by atoms with E-state index >= 15 is 0 Å². The average Bonchev–Trinajstić information content (AvgIpc) is 3.10. The smallest absolute Gasteiger partial charge is 0.335 e. The van der Waals surface area contributed by atoms with Crippen LogP contribution in [-0.2, 0) is 0 Å². The fraction of sp³-hybridized carbons (Fsp3) is 0.333. The highest BCUT2D eigenvalue weighted by molar-refractivity contribution is 5.88. The molecule has 0 unspecified atom stereocenters. The predicted octanol–water partition coefficient (Wildman–Crippen LogP) is 3.43. The van der Waals surface area contributed by atoms with E-state index in [9.17, 15) is 4.79 Å². The molecule has 0 radical (unpaired) electrons. The van der Waals surface area contributed by atoms with Crippen LogP contribution in [0.2, 0.25) is 0 Å². The number of H-pyrrole nitrogens is 1. The van der Waals surface area contributed by atoms with Crippen LogP contribution in [0, 0.1) is 0 Å². The summed E-state index contributed by atoms with van der Waals surface area (Å²) >= 11 is 0. The second-order valence-electron chi connectivity index (χ2n) is 5.05. The van der Waals surface area contributed by atoms with Crippen molar-refractivity contribution in [3.8, 4) is 11.4 Å². The second kappa shape index (κ2) is 4.88. The molecule has 19 heavy (non-hydrogen) atoms. The van der Waals surface area contributed by atoms with E-state index in [1.54, 1.807) is 24.3 Å². The van der Waals surface area contributed by atoms with E-state index in [4.69, 9.17) is 5.11 Å². The average molecular weight is 256 g/mol. The van der Waals surface area contributed by atoms with Gasteiger partial charge in [0, 0.05) is 23.4 Å². The molecule has 0 amide bonds. The lowest BCUT2D eigenvalue weighted by molar-refractivity contribution is 0.0697. The van der Waals surface area contributed by atoms with Gasteiger partial charge >= 0.3 is 5.97 Å². The molecule has 2 aromatic rings. The summed E-state index contributed by atoms with van der Waals surface area (Å²) in [5.74, 6) is 0.524. The monoisotopic (exact) mass is 256 g/mol. The number of hydrogen-bond acceptors (Lipinski definition) is 2. The number of aromatic amines is 1. The number of nitrogens with zero attached hydrogens (tertiary/aromatic N) is 1. The number of carbonyl (C=O) groups is 1. The molecular formula is C15H16N2O2. The third-order valence-corrected chi connectivity index (χ3v) is 3.80. The van der Waals surface area contributed by atoms with Crippen molar-refractivity contribution in [1.29, 1.82) is 0 Å². The number of hydrogen-bond donors (Lipinski definition) is 2. The first-order chi connectivity index (χ1) is 9.24. The van der Waals surface area contributed by atoms with E-state index < -0.39 is 5.97 Å². The molecule has 1 aromatic carbocycles. The van der Waals surface area contributed by atoms with Gasteiger partial charge in [0.15, 0.2) is 0 Å². The maximum atomic E-state index is 10.8. The van der Waals surface area contributed by atoms with Crippen molar-refractivity contribution in [2.24, 2.45) is 0 Å². The van der Waals surface area contributed by atoms with Crippen LogP contribution in [0.4, 0.5) is 0 Å². The first-order valence-electron chi connectivity index (χ1n) is 6.62. The zero-order chi connectivity index (χ0) is 13.2. The van der Waals surface area contributed by atoms with Crippen LogP contribution in [0.3, 0.4) is 0 Å². The summed E-state index contributed by atoms with van der Waals surface area (Å²) in [6, 6.07) is 6.80. The lowest BCUT2D eigenvalue weighted by atomic mass is 10.1. The number of aromatic nitrogens is 2. The van der Waals surface area contributed by atoms with Crippen LogP contribution in [0.15, 0.2) is 30.5 Å². The summed E-state index contributed by atoms with van der Waals surface area (Å²) in [6.45, 7) is 0. The molecule has 1 saturated carbocycles. The minimum atomic E-state index is -0.905. The van der Waals surface area contributed by atoms with Gasteiger partial charge in [-0.05, 0) is 25.0 Å². The molecule has 4 nitrogen and oxygen atoms in total. The number of benzene rings is 1. The highest BCUT2D eigenvalue weighted by Gasteiger charge is 2.19. The van der Waals surface area contributed by atoms with Gasteiger partial charge in [-0.2, -0.15) is 0 Å². The van der Waals surface area contributed by atoms with Crippen LogP contribution in [0.5, 0.6) is 0 Å². The number of carboxylic acid groups (broad SMARTS) is 1. The molecule has 1 aromatic heterocycles. The molecule has 1 aliphatic rings. The van der Waals surface area contributed by atoms with Crippen LogP contribution >= 0.6 is 0 Å². The van der Waals surface area contributed by atoms with Crippen LogP contribution in [0.25, 0.3) is 11.4 Å². The van der Waals surface area contributed by atoms with Crippen molar-refractivity contribution < 1.29 is 9.90 Å². The highest BCUT2D eigenvalue weighted by atomic mass is 16.4. The molecule has 0 atom stereocenters. The van der Waals surface area contributed by atoms with E-state index in [1.165, 1.54) is 31.4 Å². The molecule has 1 heterocycles. The van der Waals surface area contributed by atoms with Gasteiger partial charge < -0.3 is 10.1 Å². The first kappa shape index (κ1) is 12.0. The quantitative estimate of drug-likeness (QED) is 0.884. The maximum absolute atomic E-state index is 10.8. The Bertz CT molecular complexity index is 580. The topological polar surface area (TPSA) is 66.0 Å². The van der Waals surface area contributed by atoms with Crippen molar-refractivity contribution >= 4 is 5.97 Å². The van der Waals surface area contributed by atoms with Gasteiger partial charge in [-0.3, -0.25) is 0 Å². The predicted molar refractivity (Wildman–Crippen MR) is 72.2 cm³/mol. The molecule has 0 bridgehead atoms. The van der Waals surface area contributed by atoms with Gasteiger partial charge in [-0.25, -0.2) is 9.78 Å². The molecule has 0 spiro atoms. The fourth-order valence-electron chi connectivity index (χ4n) is 2.70. The Morgan fingerprint density at radius 2 is 1.89 bits per heavy atom. The zero-order valence-electron chi connectivity index (χ0n) is 10.6. The second-order valence-corrected chi connectivity index (χ2v) is 5.05. The van der Waals surface area contributed by atoms with Gasteiger partial charge in [-0.1, -0.05) is 25.0 Å². The molecule has 0 aliphatic heterocycles. The van der Waals surface area contributed by atoms with E-state index in [1.807, 2.05) is 6.20 Å². The highest BCUT2D eigenvalue weighted by Crippen LogP contribution is 2.33. The van der Waals surface area contributed by atoms with Gasteiger partial charge in [0.2, 0.25) is 0 Å². The van der Waals surface area contributed by atoms with Crippen molar-refractivity contribution in [1.82, 2.24) is 9.97 Å². The zero-order valence-corrected chi connectivity index (χ0v) is 10.6.